The van der Waals surface area contributed by atoms with E-state index in [-0.39, 0.29) is 5.91 Å². The number of thiophene rings is 1. The van der Waals surface area contributed by atoms with Gasteiger partial charge in [-0.05, 0) is 42.3 Å². The molecule has 0 unspecified atom stereocenters. The molecule has 26 heavy (non-hydrogen) atoms. The first kappa shape index (κ1) is 18.6. The number of rotatable bonds is 8. The van der Waals surface area contributed by atoms with Gasteiger partial charge in [0.05, 0.1) is 24.2 Å². The third-order valence-corrected chi connectivity index (χ3v) is 5.79. The van der Waals surface area contributed by atoms with E-state index in [9.17, 15) is 4.79 Å². The normalized spacial score (nSPS) is 10.9. The predicted molar refractivity (Wildman–Crippen MR) is 108 cm³/mol. The summed E-state index contributed by atoms with van der Waals surface area (Å²) in [6.45, 7) is 3.82. The molecular weight excluding hydrogens is 366 g/mol. The number of ether oxygens (including phenoxy) is 1. The van der Waals surface area contributed by atoms with Gasteiger partial charge in [-0.3, -0.25) is 9.69 Å². The van der Waals surface area contributed by atoms with E-state index in [1.165, 1.54) is 4.88 Å². The Morgan fingerprint density at radius 2 is 2.04 bits per heavy atom. The summed E-state index contributed by atoms with van der Waals surface area (Å²) in [5.41, 5.74) is 1.76. The zero-order chi connectivity index (χ0) is 18.4. The molecule has 0 fully saturated rings. The van der Waals surface area contributed by atoms with Gasteiger partial charge in [0.15, 0.2) is 0 Å². The summed E-state index contributed by atoms with van der Waals surface area (Å²) in [6.07, 6.45) is 0. The van der Waals surface area contributed by atoms with Crippen LogP contribution in [-0.2, 0) is 11.3 Å². The largest absolute Gasteiger partial charge is 0.497 e. The van der Waals surface area contributed by atoms with Crippen LogP contribution < -0.4 is 10.1 Å². The number of benzene rings is 1. The van der Waals surface area contributed by atoms with Crippen LogP contribution in [0.2, 0.25) is 0 Å². The Morgan fingerprint density at radius 3 is 2.69 bits per heavy atom. The van der Waals surface area contributed by atoms with Crippen LogP contribution in [0.15, 0.2) is 47.2 Å². The van der Waals surface area contributed by atoms with Gasteiger partial charge in [0.25, 0.3) is 0 Å². The molecule has 1 amide bonds. The average Bonchev–Trinajstić information content (AvgIpc) is 3.33. The van der Waals surface area contributed by atoms with Crippen LogP contribution in [0, 0.1) is 0 Å². The molecule has 136 valence electrons. The number of hydrogen-bond acceptors (Lipinski definition) is 6. The van der Waals surface area contributed by atoms with Gasteiger partial charge in [0, 0.05) is 17.6 Å². The van der Waals surface area contributed by atoms with Crippen LogP contribution in [0.3, 0.4) is 0 Å². The van der Waals surface area contributed by atoms with Crippen molar-refractivity contribution in [1.29, 1.82) is 0 Å². The zero-order valence-corrected chi connectivity index (χ0v) is 16.4. The molecule has 0 aliphatic heterocycles. The number of nitrogens with one attached hydrogen (secondary N) is 1. The lowest BCUT2D eigenvalue weighted by Gasteiger charge is -2.18. The van der Waals surface area contributed by atoms with Crippen LogP contribution in [0.25, 0.3) is 9.88 Å². The molecule has 1 aromatic carbocycles. The number of carbonyl (C=O) groups excluding carboxylic acids is 1. The van der Waals surface area contributed by atoms with Crippen molar-refractivity contribution >= 4 is 34.3 Å². The summed E-state index contributed by atoms with van der Waals surface area (Å²) in [6, 6.07) is 11.4. The molecule has 0 radical (unpaired) electrons. The standard InChI is InChI=1S/C19H21N3O2S2/c1-3-22(11-15-13-26-19(21-15)17-5-4-10-25-17)12-18(23)20-14-6-8-16(24-2)9-7-14/h4-10,13H,3,11-12H2,1-2H3,(H,20,23). The van der Waals surface area contributed by atoms with Gasteiger partial charge in [-0.25, -0.2) is 4.98 Å². The van der Waals surface area contributed by atoms with Gasteiger partial charge in [-0.1, -0.05) is 13.0 Å². The molecule has 5 nitrogen and oxygen atoms in total. The number of nitrogens with zero attached hydrogens (tertiary/aromatic N) is 2. The summed E-state index contributed by atoms with van der Waals surface area (Å²) in [4.78, 5) is 20.3. The van der Waals surface area contributed by atoms with Gasteiger partial charge in [0.2, 0.25) is 5.91 Å². The minimum Gasteiger partial charge on any atom is -0.497 e. The van der Waals surface area contributed by atoms with E-state index in [1.54, 1.807) is 29.8 Å². The first-order chi connectivity index (χ1) is 12.7. The van der Waals surface area contributed by atoms with E-state index in [4.69, 9.17) is 9.72 Å². The van der Waals surface area contributed by atoms with E-state index in [2.05, 4.69) is 27.0 Å². The monoisotopic (exact) mass is 387 g/mol. The first-order valence-electron chi connectivity index (χ1n) is 8.32. The second-order valence-corrected chi connectivity index (χ2v) is 7.51. The SMILES string of the molecule is CCN(CC(=O)Nc1ccc(OC)cc1)Cc1csc(-c2cccs2)n1. The van der Waals surface area contributed by atoms with E-state index in [0.29, 0.717) is 13.1 Å². The molecule has 0 spiro atoms. The summed E-state index contributed by atoms with van der Waals surface area (Å²) >= 11 is 3.33. The molecule has 3 aromatic rings. The Balaban J connectivity index is 1.56. The Morgan fingerprint density at radius 1 is 1.23 bits per heavy atom. The molecule has 0 aliphatic rings. The van der Waals surface area contributed by atoms with Crippen molar-refractivity contribution in [3.05, 3.63) is 52.9 Å². The van der Waals surface area contributed by atoms with Gasteiger partial charge in [-0.15, -0.1) is 22.7 Å². The number of aromatic nitrogens is 1. The highest BCUT2D eigenvalue weighted by molar-refractivity contribution is 7.20. The summed E-state index contributed by atoms with van der Waals surface area (Å²) in [5.74, 6) is 0.731. The topological polar surface area (TPSA) is 54.5 Å². The quantitative estimate of drug-likeness (QED) is 0.625. The van der Waals surface area contributed by atoms with E-state index in [1.807, 2.05) is 37.3 Å². The maximum atomic E-state index is 12.3. The van der Waals surface area contributed by atoms with Gasteiger partial charge in [0.1, 0.15) is 10.8 Å². The van der Waals surface area contributed by atoms with Crippen LogP contribution in [0.4, 0.5) is 5.69 Å². The van der Waals surface area contributed by atoms with Crippen molar-refractivity contribution in [2.75, 3.05) is 25.5 Å². The molecule has 0 aliphatic carbocycles. The predicted octanol–water partition coefficient (Wildman–Crippen LogP) is 4.34. The van der Waals surface area contributed by atoms with Crippen molar-refractivity contribution in [3.8, 4) is 15.6 Å². The minimum absolute atomic E-state index is 0.0364. The fraction of sp³-hybridized carbons (Fsp3) is 0.263. The third kappa shape index (κ3) is 4.91. The molecule has 3 rings (SSSR count). The number of amides is 1. The van der Waals surface area contributed by atoms with Crippen molar-refractivity contribution in [3.63, 3.8) is 0 Å². The third-order valence-electron chi connectivity index (χ3n) is 3.86. The fourth-order valence-electron chi connectivity index (χ4n) is 2.48. The lowest BCUT2D eigenvalue weighted by atomic mass is 10.3. The van der Waals surface area contributed by atoms with Crippen LogP contribution in [-0.4, -0.2) is 36.0 Å². The highest BCUT2D eigenvalue weighted by Crippen LogP contribution is 2.28. The Labute approximate surface area is 161 Å². The van der Waals surface area contributed by atoms with Crippen molar-refractivity contribution < 1.29 is 9.53 Å². The Bertz CT molecular complexity index is 829. The Kier molecular flexibility index (Phi) is 6.38. The summed E-state index contributed by atoms with van der Waals surface area (Å²) in [5, 5.41) is 8.08. The van der Waals surface area contributed by atoms with Crippen molar-refractivity contribution in [2.45, 2.75) is 13.5 Å². The number of methoxy groups -OCH3 is 1. The van der Waals surface area contributed by atoms with E-state index in [0.717, 1.165) is 28.7 Å². The molecule has 2 aromatic heterocycles. The zero-order valence-electron chi connectivity index (χ0n) is 14.8. The minimum atomic E-state index is -0.0364. The lowest BCUT2D eigenvalue weighted by molar-refractivity contribution is -0.117. The highest BCUT2D eigenvalue weighted by Gasteiger charge is 2.13. The van der Waals surface area contributed by atoms with Gasteiger partial charge < -0.3 is 10.1 Å². The molecule has 1 N–H and O–H groups in total. The number of likely N-dealkylation sites (N-methyl/N-ethyl adjacent to an activating group) is 1. The number of carbonyl (C=O) groups is 1. The molecule has 0 atom stereocenters. The van der Waals surface area contributed by atoms with Crippen LogP contribution >= 0.6 is 22.7 Å². The summed E-state index contributed by atoms with van der Waals surface area (Å²) < 4.78 is 5.13. The lowest BCUT2D eigenvalue weighted by Crippen LogP contribution is -2.32. The molecule has 0 saturated carbocycles. The number of hydrogen-bond donors (Lipinski definition) is 1. The maximum absolute atomic E-state index is 12.3. The van der Waals surface area contributed by atoms with Gasteiger partial charge >= 0.3 is 0 Å². The number of thiazole rings is 1. The fourth-order valence-corrected chi connectivity index (χ4v) is 4.10. The highest BCUT2D eigenvalue weighted by atomic mass is 32.1. The molecule has 7 heteroatoms. The van der Waals surface area contributed by atoms with E-state index >= 15 is 0 Å². The Hall–Kier alpha value is -2.22. The first-order valence-corrected chi connectivity index (χ1v) is 10.1. The maximum Gasteiger partial charge on any atom is 0.238 e. The summed E-state index contributed by atoms with van der Waals surface area (Å²) in [7, 11) is 1.62. The number of anilines is 1. The molecule has 0 bridgehead atoms. The molecule has 0 saturated heterocycles. The van der Waals surface area contributed by atoms with E-state index < -0.39 is 0 Å². The molecular formula is C19H21N3O2S2. The molecule has 2 heterocycles. The van der Waals surface area contributed by atoms with Gasteiger partial charge in [-0.2, -0.15) is 0 Å². The van der Waals surface area contributed by atoms with Crippen molar-refractivity contribution in [1.82, 2.24) is 9.88 Å². The smallest absolute Gasteiger partial charge is 0.238 e. The average molecular weight is 388 g/mol. The van der Waals surface area contributed by atoms with Crippen molar-refractivity contribution in [2.24, 2.45) is 0 Å². The van der Waals surface area contributed by atoms with Crippen LogP contribution in [0.5, 0.6) is 5.75 Å². The van der Waals surface area contributed by atoms with Crippen LogP contribution in [0.1, 0.15) is 12.6 Å². The second-order valence-electron chi connectivity index (χ2n) is 5.70. The second kappa shape index (κ2) is 8.93.